The number of ether oxygens (including phenoxy) is 1. The van der Waals surface area contributed by atoms with Crippen LogP contribution in [0.15, 0.2) is 73.2 Å². The lowest BCUT2D eigenvalue weighted by Gasteiger charge is -2.33. The average Bonchev–Trinajstić information content (AvgIpc) is 3.84. The molecule has 13 nitrogen and oxygen atoms in total. The Hall–Kier alpha value is -4.91. The SMILES string of the molecule is C=C1/C=C\C=C/C[C@H](Oc2ccc3nnc(N4CCCC[C@@H]4C)n3c2)CC[C@@H]1NC(=O)Nc1cc(C(C)(C)C)nn1-c1cnn(CCN(C)C)c1. The molecule has 0 saturated carbocycles. The van der Waals surface area contributed by atoms with Crippen molar-refractivity contribution in [2.24, 2.45) is 0 Å². The summed E-state index contributed by atoms with van der Waals surface area (Å²) in [7, 11) is 4.07. The number of urea groups is 1. The first kappa shape index (κ1) is 35.9. The largest absolute Gasteiger partial charge is 0.489 e. The van der Waals surface area contributed by atoms with Crippen LogP contribution in [-0.4, -0.2) is 90.5 Å². The van der Waals surface area contributed by atoms with Crippen LogP contribution in [0.3, 0.4) is 0 Å². The highest BCUT2D eigenvalue weighted by atomic mass is 16.5. The van der Waals surface area contributed by atoms with Gasteiger partial charge in [0.05, 0.1) is 36.9 Å². The number of anilines is 2. The molecule has 51 heavy (non-hydrogen) atoms. The fourth-order valence-corrected chi connectivity index (χ4v) is 6.48. The number of nitrogens with zero attached hydrogens (tertiary/aromatic N) is 9. The zero-order valence-corrected chi connectivity index (χ0v) is 30.9. The number of carbonyl (C=O) groups is 1. The molecule has 2 amide bonds. The summed E-state index contributed by atoms with van der Waals surface area (Å²) in [6, 6.07) is 5.62. The second-order valence-corrected chi connectivity index (χ2v) is 15.0. The van der Waals surface area contributed by atoms with Crippen molar-refractivity contribution in [3.63, 3.8) is 0 Å². The first-order valence-electron chi connectivity index (χ1n) is 18.1. The van der Waals surface area contributed by atoms with Gasteiger partial charge in [-0.25, -0.2) is 9.48 Å². The number of fused-ring (bicyclic) bond motifs is 1. The van der Waals surface area contributed by atoms with Gasteiger partial charge in [-0.3, -0.25) is 14.4 Å². The van der Waals surface area contributed by atoms with Gasteiger partial charge in [-0.1, -0.05) is 51.7 Å². The number of likely N-dealkylation sites (N-methyl/N-ethyl adjacent to an activating group) is 1. The van der Waals surface area contributed by atoms with Gasteiger partial charge >= 0.3 is 6.03 Å². The van der Waals surface area contributed by atoms with Gasteiger partial charge in [0.1, 0.15) is 23.4 Å². The predicted octanol–water partition coefficient (Wildman–Crippen LogP) is 6.14. The van der Waals surface area contributed by atoms with E-state index in [1.807, 2.05) is 72.0 Å². The van der Waals surface area contributed by atoms with Crippen LogP contribution in [-0.2, 0) is 12.0 Å². The van der Waals surface area contributed by atoms with Gasteiger partial charge in [-0.15, -0.1) is 10.2 Å². The summed E-state index contributed by atoms with van der Waals surface area (Å²) in [4.78, 5) is 18.1. The molecule has 2 aliphatic rings. The monoisotopic (exact) mass is 695 g/mol. The zero-order valence-electron chi connectivity index (χ0n) is 30.9. The predicted molar refractivity (Wildman–Crippen MR) is 202 cm³/mol. The Kier molecular flexibility index (Phi) is 10.9. The molecule has 0 unspecified atom stereocenters. The van der Waals surface area contributed by atoms with E-state index in [9.17, 15) is 4.79 Å². The topological polar surface area (TPSA) is 123 Å². The first-order valence-corrected chi connectivity index (χ1v) is 18.1. The molecule has 0 spiro atoms. The standard InChI is InChI=1S/C38H53N11O2/c1-27-13-9-8-10-15-30(51-31-17-19-34-42-43-37(48(34)26-31)47-20-12-11-14-28(47)2)16-18-32(27)40-36(50)41-35-23-33(38(3,4)5)44-49(35)29-24-39-46(25-29)22-21-45(6)7/h8-10,13,17,19,23-26,28,30,32H,1,11-12,14-16,18,20-22H2,2-7H3,(H2,40,41,50)/b10-8-,13-9-/t28-,30-,32-/m0/s1. The molecular weight excluding hydrogens is 642 g/mol. The van der Waals surface area contributed by atoms with Crippen molar-refractivity contribution in [3.05, 3.63) is 78.9 Å². The van der Waals surface area contributed by atoms with Gasteiger partial charge in [-0.05, 0) is 70.8 Å². The van der Waals surface area contributed by atoms with Crippen molar-refractivity contribution in [1.29, 1.82) is 0 Å². The van der Waals surface area contributed by atoms with Crippen molar-refractivity contribution in [1.82, 2.24) is 44.4 Å². The van der Waals surface area contributed by atoms with E-state index < -0.39 is 0 Å². The molecule has 2 N–H and O–H groups in total. The van der Waals surface area contributed by atoms with Gasteiger partial charge in [0, 0.05) is 37.0 Å². The molecule has 1 aliphatic heterocycles. The highest BCUT2D eigenvalue weighted by molar-refractivity contribution is 5.89. The Bertz CT molecular complexity index is 1880. The Labute approximate surface area is 301 Å². The minimum atomic E-state index is -0.334. The number of hydrogen-bond acceptors (Lipinski definition) is 8. The number of hydrogen-bond donors (Lipinski definition) is 2. The van der Waals surface area contributed by atoms with Gasteiger partial charge in [0.25, 0.3) is 0 Å². The molecule has 4 aromatic heterocycles. The van der Waals surface area contributed by atoms with Crippen LogP contribution in [0.1, 0.15) is 71.9 Å². The van der Waals surface area contributed by atoms with E-state index in [0.717, 1.165) is 73.2 Å². The van der Waals surface area contributed by atoms with Gasteiger partial charge in [0.15, 0.2) is 5.65 Å². The van der Waals surface area contributed by atoms with Crippen molar-refractivity contribution < 1.29 is 9.53 Å². The minimum absolute atomic E-state index is 0.112. The van der Waals surface area contributed by atoms with Crippen LogP contribution in [0.4, 0.5) is 16.6 Å². The van der Waals surface area contributed by atoms with Crippen LogP contribution in [0, 0.1) is 0 Å². The molecule has 1 fully saturated rings. The number of amides is 2. The van der Waals surface area contributed by atoms with Crippen LogP contribution in [0.5, 0.6) is 5.75 Å². The van der Waals surface area contributed by atoms with Crippen LogP contribution >= 0.6 is 0 Å². The van der Waals surface area contributed by atoms with E-state index in [0.29, 0.717) is 24.7 Å². The Morgan fingerprint density at radius 1 is 1.10 bits per heavy atom. The van der Waals surface area contributed by atoms with Gasteiger partial charge in [0.2, 0.25) is 5.95 Å². The third-order valence-electron chi connectivity index (χ3n) is 9.57. The highest BCUT2D eigenvalue weighted by Crippen LogP contribution is 2.28. The lowest BCUT2D eigenvalue weighted by atomic mass is 9.92. The fourth-order valence-electron chi connectivity index (χ4n) is 6.48. The maximum atomic E-state index is 13.6. The molecule has 6 rings (SSSR count). The van der Waals surface area contributed by atoms with Crippen molar-refractivity contribution in [2.75, 3.05) is 37.4 Å². The smallest absolute Gasteiger partial charge is 0.320 e. The number of allylic oxidation sites excluding steroid dienone is 2. The third-order valence-corrected chi connectivity index (χ3v) is 9.57. The molecule has 1 saturated heterocycles. The number of piperidine rings is 1. The lowest BCUT2D eigenvalue weighted by Crippen LogP contribution is -2.40. The minimum Gasteiger partial charge on any atom is -0.489 e. The van der Waals surface area contributed by atoms with E-state index in [2.05, 4.69) is 76.1 Å². The van der Waals surface area contributed by atoms with Crippen LogP contribution < -0.4 is 20.3 Å². The normalized spacial score (nSPS) is 21.5. The summed E-state index contributed by atoms with van der Waals surface area (Å²) in [5.41, 5.74) is 3.03. The summed E-state index contributed by atoms with van der Waals surface area (Å²) in [5.74, 6) is 2.19. The number of pyridine rings is 1. The Morgan fingerprint density at radius 2 is 1.94 bits per heavy atom. The third kappa shape index (κ3) is 8.88. The lowest BCUT2D eigenvalue weighted by molar-refractivity contribution is 0.186. The molecule has 272 valence electrons. The van der Waals surface area contributed by atoms with E-state index in [1.165, 1.54) is 6.42 Å². The summed E-state index contributed by atoms with van der Waals surface area (Å²) in [6.07, 6.45) is 19.3. The molecule has 0 aromatic carbocycles. The van der Waals surface area contributed by atoms with Crippen LogP contribution in [0.2, 0.25) is 0 Å². The van der Waals surface area contributed by atoms with Gasteiger partial charge in [-0.2, -0.15) is 10.2 Å². The quantitative estimate of drug-likeness (QED) is 0.214. The van der Waals surface area contributed by atoms with E-state index >= 15 is 0 Å². The first-order chi connectivity index (χ1) is 24.4. The van der Waals surface area contributed by atoms with Gasteiger partial charge < -0.3 is 19.9 Å². The number of nitrogens with one attached hydrogen (secondary N) is 2. The van der Waals surface area contributed by atoms with Crippen molar-refractivity contribution in [2.45, 2.75) is 96.4 Å². The fraction of sp³-hybridized carbons (Fsp3) is 0.500. The maximum absolute atomic E-state index is 13.6. The highest BCUT2D eigenvalue weighted by Gasteiger charge is 2.25. The number of rotatable bonds is 9. The Balaban J connectivity index is 1.15. The molecule has 5 heterocycles. The number of aromatic nitrogens is 7. The maximum Gasteiger partial charge on any atom is 0.320 e. The second kappa shape index (κ2) is 15.5. The second-order valence-electron chi connectivity index (χ2n) is 15.0. The molecule has 0 radical (unpaired) electrons. The van der Waals surface area contributed by atoms with E-state index in [1.54, 1.807) is 10.9 Å². The number of carbonyl (C=O) groups excluding carboxylic acids is 1. The summed E-state index contributed by atoms with van der Waals surface area (Å²) < 4.78 is 12.3. The summed E-state index contributed by atoms with van der Waals surface area (Å²) in [6.45, 7) is 15.4. The Morgan fingerprint density at radius 3 is 2.73 bits per heavy atom. The molecule has 4 aromatic rings. The van der Waals surface area contributed by atoms with E-state index in [-0.39, 0.29) is 23.6 Å². The molecule has 0 bridgehead atoms. The zero-order chi connectivity index (χ0) is 36.1. The molecule has 3 atom stereocenters. The van der Waals surface area contributed by atoms with Crippen LogP contribution in [0.25, 0.3) is 11.3 Å². The molecule has 13 heteroatoms. The summed E-state index contributed by atoms with van der Waals surface area (Å²) >= 11 is 0. The molecule has 1 aliphatic carbocycles. The van der Waals surface area contributed by atoms with Crippen molar-refractivity contribution >= 4 is 23.4 Å². The van der Waals surface area contributed by atoms with E-state index in [4.69, 9.17) is 9.84 Å². The average molecular weight is 696 g/mol. The van der Waals surface area contributed by atoms with Crippen molar-refractivity contribution in [3.8, 4) is 11.4 Å². The summed E-state index contributed by atoms with van der Waals surface area (Å²) in [5, 5.41) is 24.6. The molecular formula is C38H53N11O2.